The van der Waals surface area contributed by atoms with Crippen molar-refractivity contribution in [2.75, 3.05) is 7.11 Å². The van der Waals surface area contributed by atoms with Crippen molar-refractivity contribution in [3.05, 3.63) is 0 Å². The Morgan fingerprint density at radius 1 is 1.31 bits per heavy atom. The summed E-state index contributed by atoms with van der Waals surface area (Å²) < 4.78 is 4.56. The van der Waals surface area contributed by atoms with E-state index in [-0.39, 0.29) is 5.97 Å². The van der Waals surface area contributed by atoms with Gasteiger partial charge in [-0.05, 0) is 12.3 Å². The zero-order valence-electron chi connectivity index (χ0n) is 9.14. The van der Waals surface area contributed by atoms with E-state index in [2.05, 4.69) is 18.6 Å². The summed E-state index contributed by atoms with van der Waals surface area (Å²) in [7, 11) is 1.45. The van der Waals surface area contributed by atoms with E-state index < -0.39 is 0 Å². The summed E-state index contributed by atoms with van der Waals surface area (Å²) in [6.45, 7) is 4.50. The highest BCUT2D eigenvalue weighted by Gasteiger charge is 2.01. The average Bonchev–Trinajstić information content (AvgIpc) is 2.16. The Morgan fingerprint density at radius 2 is 2.00 bits per heavy atom. The molecule has 0 rings (SSSR count). The lowest BCUT2D eigenvalue weighted by molar-refractivity contribution is -0.140. The monoisotopic (exact) mass is 186 g/mol. The quantitative estimate of drug-likeness (QED) is 0.451. The van der Waals surface area contributed by atoms with Crippen molar-refractivity contribution in [1.82, 2.24) is 0 Å². The van der Waals surface area contributed by atoms with Crippen LogP contribution in [-0.4, -0.2) is 13.1 Å². The van der Waals surface area contributed by atoms with Crippen molar-refractivity contribution in [3.63, 3.8) is 0 Å². The number of methoxy groups -OCH3 is 1. The van der Waals surface area contributed by atoms with Crippen LogP contribution in [0.4, 0.5) is 0 Å². The molecule has 2 nitrogen and oxygen atoms in total. The maximum absolute atomic E-state index is 10.7. The van der Waals surface area contributed by atoms with E-state index in [1.807, 2.05) is 0 Å². The summed E-state index contributed by atoms with van der Waals surface area (Å²) in [5.41, 5.74) is 0. The zero-order chi connectivity index (χ0) is 10.1. The number of esters is 1. The van der Waals surface area contributed by atoms with Gasteiger partial charge in [0.1, 0.15) is 0 Å². The highest BCUT2D eigenvalue weighted by Crippen LogP contribution is 2.12. The van der Waals surface area contributed by atoms with E-state index in [0.29, 0.717) is 6.42 Å². The molecule has 0 aromatic carbocycles. The highest BCUT2D eigenvalue weighted by atomic mass is 16.5. The molecule has 1 atom stereocenters. The lowest BCUT2D eigenvalue weighted by Gasteiger charge is -2.06. The van der Waals surface area contributed by atoms with Crippen molar-refractivity contribution in [3.8, 4) is 0 Å². The number of unbranched alkanes of at least 4 members (excludes halogenated alkanes) is 2. The van der Waals surface area contributed by atoms with Gasteiger partial charge in [-0.15, -0.1) is 0 Å². The minimum absolute atomic E-state index is 0.0801. The van der Waals surface area contributed by atoms with Gasteiger partial charge in [-0.2, -0.15) is 0 Å². The van der Waals surface area contributed by atoms with Crippen LogP contribution >= 0.6 is 0 Å². The maximum Gasteiger partial charge on any atom is 0.305 e. The van der Waals surface area contributed by atoms with Crippen LogP contribution in [0, 0.1) is 5.92 Å². The predicted octanol–water partition coefficient (Wildman–Crippen LogP) is 3.16. The Morgan fingerprint density at radius 3 is 2.54 bits per heavy atom. The number of ether oxygens (including phenoxy) is 1. The van der Waals surface area contributed by atoms with Crippen molar-refractivity contribution >= 4 is 5.97 Å². The number of carbonyl (C=O) groups excluding carboxylic acids is 1. The van der Waals surface area contributed by atoms with Gasteiger partial charge in [0, 0.05) is 6.42 Å². The van der Waals surface area contributed by atoms with E-state index in [0.717, 1.165) is 18.8 Å². The van der Waals surface area contributed by atoms with Crippen LogP contribution in [-0.2, 0) is 9.53 Å². The molecule has 78 valence electrons. The van der Waals surface area contributed by atoms with E-state index in [9.17, 15) is 4.79 Å². The fourth-order valence-electron chi connectivity index (χ4n) is 1.25. The summed E-state index contributed by atoms with van der Waals surface area (Å²) in [4.78, 5) is 10.7. The van der Waals surface area contributed by atoms with Crippen molar-refractivity contribution in [1.29, 1.82) is 0 Å². The minimum atomic E-state index is -0.0801. The normalized spacial score (nSPS) is 12.5. The van der Waals surface area contributed by atoms with Crippen LogP contribution in [0.3, 0.4) is 0 Å². The molecule has 0 aromatic heterocycles. The Balaban J connectivity index is 3.12. The molecule has 13 heavy (non-hydrogen) atoms. The first-order chi connectivity index (χ1) is 6.20. The largest absolute Gasteiger partial charge is 0.469 e. The third-order valence-electron chi connectivity index (χ3n) is 2.50. The van der Waals surface area contributed by atoms with E-state index in [4.69, 9.17) is 0 Å². The summed E-state index contributed by atoms with van der Waals surface area (Å²) in [6.07, 6.45) is 6.50. The number of hydrogen-bond acceptors (Lipinski definition) is 2. The molecule has 0 heterocycles. The van der Waals surface area contributed by atoms with Gasteiger partial charge in [-0.3, -0.25) is 4.79 Å². The molecule has 2 heteroatoms. The summed E-state index contributed by atoms with van der Waals surface area (Å²) >= 11 is 0. The topological polar surface area (TPSA) is 26.3 Å². The van der Waals surface area contributed by atoms with Crippen molar-refractivity contribution in [2.45, 2.75) is 52.4 Å². The first kappa shape index (κ1) is 12.5. The first-order valence-corrected chi connectivity index (χ1v) is 5.27. The fourth-order valence-corrected chi connectivity index (χ4v) is 1.25. The van der Waals surface area contributed by atoms with Gasteiger partial charge in [-0.1, -0.05) is 39.5 Å². The molecule has 0 spiro atoms. The number of hydrogen-bond donors (Lipinski definition) is 0. The highest BCUT2D eigenvalue weighted by molar-refractivity contribution is 5.68. The molecule has 0 N–H and O–H groups in total. The van der Waals surface area contributed by atoms with Gasteiger partial charge in [0.15, 0.2) is 0 Å². The van der Waals surface area contributed by atoms with Gasteiger partial charge in [0.05, 0.1) is 7.11 Å². The number of rotatable bonds is 7. The standard InChI is InChI=1S/C11H22O2/c1-4-10(2)8-6-5-7-9-11(12)13-3/h10H,4-9H2,1-3H3. The lowest BCUT2D eigenvalue weighted by Crippen LogP contribution is -1.99. The Hall–Kier alpha value is -0.530. The third kappa shape index (κ3) is 7.82. The van der Waals surface area contributed by atoms with Crippen LogP contribution in [0.15, 0.2) is 0 Å². The fraction of sp³-hybridized carbons (Fsp3) is 0.909. The Labute approximate surface area is 81.7 Å². The van der Waals surface area contributed by atoms with Crippen LogP contribution in [0.1, 0.15) is 52.4 Å². The molecular weight excluding hydrogens is 164 g/mol. The molecule has 0 amide bonds. The molecule has 0 aliphatic rings. The molecule has 0 aromatic rings. The minimum Gasteiger partial charge on any atom is -0.469 e. The smallest absolute Gasteiger partial charge is 0.305 e. The second-order valence-electron chi connectivity index (χ2n) is 3.69. The molecule has 0 saturated carbocycles. The number of carbonyl (C=O) groups is 1. The molecule has 0 aliphatic carbocycles. The summed E-state index contributed by atoms with van der Waals surface area (Å²) in [6, 6.07) is 0. The van der Waals surface area contributed by atoms with Gasteiger partial charge in [0.25, 0.3) is 0 Å². The molecule has 0 radical (unpaired) electrons. The second-order valence-corrected chi connectivity index (χ2v) is 3.69. The Bertz CT molecular complexity index is 132. The lowest BCUT2D eigenvalue weighted by atomic mass is 10.0. The average molecular weight is 186 g/mol. The second kappa shape index (κ2) is 8.09. The van der Waals surface area contributed by atoms with Gasteiger partial charge < -0.3 is 4.74 Å². The van der Waals surface area contributed by atoms with Crippen molar-refractivity contribution in [2.24, 2.45) is 5.92 Å². The van der Waals surface area contributed by atoms with Gasteiger partial charge in [0.2, 0.25) is 0 Å². The molecule has 0 aliphatic heterocycles. The van der Waals surface area contributed by atoms with E-state index >= 15 is 0 Å². The first-order valence-electron chi connectivity index (χ1n) is 5.27. The molecule has 0 bridgehead atoms. The summed E-state index contributed by atoms with van der Waals surface area (Å²) in [5.74, 6) is 0.752. The van der Waals surface area contributed by atoms with Crippen LogP contribution < -0.4 is 0 Å². The van der Waals surface area contributed by atoms with Gasteiger partial charge >= 0.3 is 5.97 Å². The molecule has 0 fully saturated rings. The van der Waals surface area contributed by atoms with E-state index in [1.165, 1.54) is 26.4 Å². The van der Waals surface area contributed by atoms with Crippen LogP contribution in [0.2, 0.25) is 0 Å². The Kier molecular flexibility index (Phi) is 7.76. The SMILES string of the molecule is CCC(C)CCCCCC(=O)OC. The molecule has 1 unspecified atom stereocenters. The summed E-state index contributed by atoms with van der Waals surface area (Å²) in [5, 5.41) is 0. The van der Waals surface area contributed by atoms with Crippen LogP contribution in [0.5, 0.6) is 0 Å². The zero-order valence-corrected chi connectivity index (χ0v) is 9.14. The maximum atomic E-state index is 10.7. The van der Waals surface area contributed by atoms with E-state index in [1.54, 1.807) is 0 Å². The van der Waals surface area contributed by atoms with Gasteiger partial charge in [-0.25, -0.2) is 0 Å². The molecular formula is C11H22O2. The van der Waals surface area contributed by atoms with Crippen molar-refractivity contribution < 1.29 is 9.53 Å². The predicted molar refractivity (Wildman–Crippen MR) is 54.6 cm³/mol. The third-order valence-corrected chi connectivity index (χ3v) is 2.50. The van der Waals surface area contributed by atoms with Crippen LogP contribution in [0.25, 0.3) is 0 Å². The molecule has 0 saturated heterocycles.